The lowest BCUT2D eigenvalue weighted by molar-refractivity contribution is -0.117. The molecule has 23 heavy (non-hydrogen) atoms. The zero-order valence-electron chi connectivity index (χ0n) is 14.5. The first kappa shape index (κ1) is 18.0. The average molecular weight is 318 g/mol. The fourth-order valence-corrected chi connectivity index (χ4v) is 3.52. The highest BCUT2D eigenvalue weighted by atomic mass is 16.3. The predicted molar refractivity (Wildman–Crippen MR) is 94.7 cm³/mol. The van der Waals surface area contributed by atoms with E-state index in [9.17, 15) is 4.79 Å². The van der Waals surface area contributed by atoms with E-state index < -0.39 is 0 Å². The number of likely N-dealkylation sites (tertiary alicyclic amines) is 1. The molecule has 1 aliphatic rings. The molecule has 4 heteroatoms. The van der Waals surface area contributed by atoms with Gasteiger partial charge in [0.1, 0.15) is 0 Å². The van der Waals surface area contributed by atoms with Crippen LogP contribution in [0.25, 0.3) is 0 Å². The van der Waals surface area contributed by atoms with E-state index in [2.05, 4.69) is 42.3 Å². The molecule has 1 heterocycles. The summed E-state index contributed by atoms with van der Waals surface area (Å²) < 4.78 is 0. The highest BCUT2D eigenvalue weighted by Crippen LogP contribution is 2.24. The monoisotopic (exact) mass is 318 g/mol. The van der Waals surface area contributed by atoms with Crippen molar-refractivity contribution >= 4 is 11.6 Å². The number of aliphatic hydroxyl groups excluding tert-OH is 1. The molecule has 0 spiro atoms. The van der Waals surface area contributed by atoms with Crippen molar-refractivity contribution in [1.82, 2.24) is 4.90 Å². The van der Waals surface area contributed by atoms with Gasteiger partial charge in [0.05, 0.1) is 6.54 Å². The fraction of sp³-hybridized carbons (Fsp3) is 0.632. The van der Waals surface area contributed by atoms with Gasteiger partial charge in [-0.3, -0.25) is 9.69 Å². The van der Waals surface area contributed by atoms with Crippen molar-refractivity contribution in [2.45, 2.75) is 58.4 Å². The van der Waals surface area contributed by atoms with Crippen molar-refractivity contribution in [3.8, 4) is 0 Å². The number of hydrogen-bond donors (Lipinski definition) is 2. The van der Waals surface area contributed by atoms with Gasteiger partial charge in [-0.15, -0.1) is 0 Å². The zero-order chi connectivity index (χ0) is 16.7. The van der Waals surface area contributed by atoms with Crippen LogP contribution in [-0.4, -0.2) is 41.7 Å². The van der Waals surface area contributed by atoms with E-state index >= 15 is 0 Å². The lowest BCUT2D eigenvalue weighted by Gasteiger charge is -2.24. The lowest BCUT2D eigenvalue weighted by atomic mass is 10.0. The largest absolute Gasteiger partial charge is 0.396 e. The van der Waals surface area contributed by atoms with Gasteiger partial charge in [-0.05, 0) is 56.2 Å². The summed E-state index contributed by atoms with van der Waals surface area (Å²) in [7, 11) is 0. The van der Waals surface area contributed by atoms with Gasteiger partial charge in [-0.1, -0.05) is 32.0 Å². The van der Waals surface area contributed by atoms with E-state index in [4.69, 9.17) is 5.11 Å². The number of aryl methyl sites for hydroxylation is 2. The van der Waals surface area contributed by atoms with E-state index in [1.54, 1.807) is 0 Å². The number of nitrogens with zero attached hydrogens (tertiary/aromatic N) is 1. The summed E-state index contributed by atoms with van der Waals surface area (Å²) in [5, 5.41) is 12.2. The van der Waals surface area contributed by atoms with Crippen LogP contribution in [0.15, 0.2) is 18.2 Å². The van der Waals surface area contributed by atoms with E-state index in [0.717, 1.165) is 50.8 Å². The van der Waals surface area contributed by atoms with Gasteiger partial charge in [-0.25, -0.2) is 0 Å². The number of hydrogen-bond acceptors (Lipinski definition) is 3. The van der Waals surface area contributed by atoms with Crippen LogP contribution in [0, 0.1) is 0 Å². The number of nitrogens with one attached hydrogen (secondary N) is 1. The molecule has 1 unspecified atom stereocenters. The first-order chi connectivity index (χ1) is 11.2. The molecule has 2 rings (SSSR count). The Kier molecular flexibility index (Phi) is 7.06. The molecule has 128 valence electrons. The van der Waals surface area contributed by atoms with Gasteiger partial charge < -0.3 is 10.4 Å². The van der Waals surface area contributed by atoms with Crippen LogP contribution >= 0.6 is 0 Å². The minimum Gasteiger partial charge on any atom is -0.396 e. The quantitative estimate of drug-likeness (QED) is 0.775. The highest BCUT2D eigenvalue weighted by Gasteiger charge is 2.26. The minimum atomic E-state index is 0.0801. The van der Waals surface area contributed by atoms with Crippen LogP contribution in [0.2, 0.25) is 0 Å². The Morgan fingerprint density at radius 2 is 2.00 bits per heavy atom. The topological polar surface area (TPSA) is 52.6 Å². The predicted octanol–water partition coefficient (Wildman–Crippen LogP) is 2.99. The van der Waals surface area contributed by atoms with Gasteiger partial charge in [0.15, 0.2) is 0 Å². The average Bonchev–Trinajstić information content (AvgIpc) is 2.99. The van der Waals surface area contributed by atoms with E-state index in [0.29, 0.717) is 12.6 Å². The maximum atomic E-state index is 12.5. The maximum absolute atomic E-state index is 12.5. The molecule has 0 saturated carbocycles. The van der Waals surface area contributed by atoms with Gasteiger partial charge in [0.25, 0.3) is 0 Å². The Morgan fingerprint density at radius 3 is 2.61 bits per heavy atom. The lowest BCUT2D eigenvalue weighted by Crippen LogP contribution is -2.37. The normalized spacial score (nSPS) is 18.3. The molecule has 1 saturated heterocycles. The number of carbonyl (C=O) groups excluding carboxylic acids is 1. The standard InChI is InChI=1S/C19H30N2O2/c1-3-15-8-5-9-16(4-2)19(15)20-18(23)14-21-12-6-10-17(21)11-7-13-22/h5,8-9,17,22H,3-4,6-7,10-14H2,1-2H3,(H,20,23). The summed E-state index contributed by atoms with van der Waals surface area (Å²) in [6.07, 6.45) is 5.93. The summed E-state index contributed by atoms with van der Waals surface area (Å²) >= 11 is 0. The SMILES string of the molecule is CCc1cccc(CC)c1NC(=O)CN1CCCC1CCCO. The number of para-hydroxylation sites is 1. The molecule has 0 radical (unpaired) electrons. The number of aliphatic hydroxyl groups is 1. The molecular weight excluding hydrogens is 288 g/mol. The van der Waals surface area contributed by atoms with Crippen molar-refractivity contribution in [3.63, 3.8) is 0 Å². The third-order valence-corrected chi connectivity index (χ3v) is 4.80. The molecule has 0 aliphatic carbocycles. The molecule has 1 aromatic carbocycles. The summed E-state index contributed by atoms with van der Waals surface area (Å²) in [6, 6.07) is 6.70. The number of carbonyl (C=O) groups is 1. The van der Waals surface area contributed by atoms with Gasteiger partial charge in [0, 0.05) is 18.3 Å². The first-order valence-electron chi connectivity index (χ1n) is 8.95. The van der Waals surface area contributed by atoms with Gasteiger partial charge in [0.2, 0.25) is 5.91 Å². The Balaban J connectivity index is 1.99. The van der Waals surface area contributed by atoms with Crippen LogP contribution in [0.5, 0.6) is 0 Å². The van der Waals surface area contributed by atoms with E-state index in [1.165, 1.54) is 11.1 Å². The summed E-state index contributed by atoms with van der Waals surface area (Å²) in [5.74, 6) is 0.0801. The van der Waals surface area contributed by atoms with Crippen LogP contribution in [-0.2, 0) is 17.6 Å². The maximum Gasteiger partial charge on any atom is 0.238 e. The Morgan fingerprint density at radius 1 is 1.30 bits per heavy atom. The molecule has 0 bridgehead atoms. The Bertz CT molecular complexity index is 494. The van der Waals surface area contributed by atoms with Crippen LogP contribution in [0.4, 0.5) is 5.69 Å². The molecule has 1 atom stereocenters. The smallest absolute Gasteiger partial charge is 0.238 e. The van der Waals surface area contributed by atoms with Crippen LogP contribution < -0.4 is 5.32 Å². The molecule has 1 aromatic rings. The van der Waals surface area contributed by atoms with Crippen molar-refractivity contribution in [1.29, 1.82) is 0 Å². The molecular formula is C19H30N2O2. The summed E-state index contributed by atoms with van der Waals surface area (Å²) in [5.41, 5.74) is 3.42. The second-order valence-corrected chi connectivity index (χ2v) is 6.34. The second kappa shape index (κ2) is 9.04. The molecule has 4 nitrogen and oxygen atoms in total. The number of benzene rings is 1. The van der Waals surface area contributed by atoms with Crippen LogP contribution in [0.1, 0.15) is 50.7 Å². The van der Waals surface area contributed by atoms with E-state index in [1.807, 2.05) is 0 Å². The van der Waals surface area contributed by atoms with Crippen molar-refractivity contribution < 1.29 is 9.90 Å². The van der Waals surface area contributed by atoms with Crippen molar-refractivity contribution in [2.75, 3.05) is 25.0 Å². The zero-order valence-corrected chi connectivity index (χ0v) is 14.5. The molecule has 1 fully saturated rings. The summed E-state index contributed by atoms with van der Waals surface area (Å²) in [4.78, 5) is 14.8. The second-order valence-electron chi connectivity index (χ2n) is 6.34. The van der Waals surface area contributed by atoms with Crippen molar-refractivity contribution in [2.24, 2.45) is 0 Å². The molecule has 1 aliphatic heterocycles. The highest BCUT2D eigenvalue weighted by molar-refractivity contribution is 5.93. The van der Waals surface area contributed by atoms with Crippen LogP contribution in [0.3, 0.4) is 0 Å². The third-order valence-electron chi connectivity index (χ3n) is 4.80. The molecule has 2 N–H and O–H groups in total. The Hall–Kier alpha value is -1.39. The summed E-state index contributed by atoms with van der Waals surface area (Å²) in [6.45, 7) is 5.92. The van der Waals surface area contributed by atoms with Gasteiger partial charge >= 0.3 is 0 Å². The van der Waals surface area contributed by atoms with E-state index in [-0.39, 0.29) is 12.5 Å². The number of amides is 1. The Labute approximate surface area is 139 Å². The first-order valence-corrected chi connectivity index (χ1v) is 8.95. The number of anilines is 1. The fourth-order valence-electron chi connectivity index (χ4n) is 3.52. The minimum absolute atomic E-state index is 0.0801. The third kappa shape index (κ3) is 4.79. The molecule has 0 aromatic heterocycles. The number of rotatable bonds is 8. The van der Waals surface area contributed by atoms with Gasteiger partial charge in [-0.2, -0.15) is 0 Å². The molecule has 1 amide bonds. The van der Waals surface area contributed by atoms with Crippen molar-refractivity contribution in [3.05, 3.63) is 29.3 Å².